The summed E-state index contributed by atoms with van der Waals surface area (Å²) in [4.78, 5) is 4.28. The van der Waals surface area contributed by atoms with E-state index in [1.807, 2.05) is 29.8 Å². The number of nitrogens with zero attached hydrogens (tertiary/aromatic N) is 1. The van der Waals surface area contributed by atoms with Gasteiger partial charge in [-0.1, -0.05) is 17.7 Å². The number of aryl methyl sites for hydroxylation is 1. The number of anilines is 1. The van der Waals surface area contributed by atoms with Gasteiger partial charge in [0.2, 0.25) is 0 Å². The van der Waals surface area contributed by atoms with Crippen molar-refractivity contribution < 1.29 is 0 Å². The molecule has 0 radical (unpaired) electrons. The Labute approximate surface area is 104 Å². The molecule has 0 aliphatic rings. The predicted molar refractivity (Wildman–Crippen MR) is 70.3 cm³/mol. The summed E-state index contributed by atoms with van der Waals surface area (Å²) >= 11 is 7.77. The number of rotatable bonds is 3. The molecule has 16 heavy (non-hydrogen) atoms. The predicted octanol–water partition coefficient (Wildman–Crippen LogP) is 4.28. The first-order valence-corrected chi connectivity index (χ1v) is 6.34. The van der Waals surface area contributed by atoms with Crippen LogP contribution in [0.4, 0.5) is 5.69 Å². The monoisotopic (exact) mass is 252 g/mol. The van der Waals surface area contributed by atoms with Crippen LogP contribution in [0.3, 0.4) is 0 Å². The maximum Gasteiger partial charge on any atom is 0.115 e. The third-order valence-electron chi connectivity index (χ3n) is 2.32. The van der Waals surface area contributed by atoms with Crippen LogP contribution in [0.2, 0.25) is 5.02 Å². The summed E-state index contributed by atoms with van der Waals surface area (Å²) < 4.78 is 0. The van der Waals surface area contributed by atoms with Gasteiger partial charge in [0, 0.05) is 11.6 Å². The van der Waals surface area contributed by atoms with E-state index in [0.717, 1.165) is 15.7 Å². The normalized spacial score (nSPS) is 12.4. The fourth-order valence-corrected chi connectivity index (χ4v) is 2.31. The van der Waals surface area contributed by atoms with E-state index in [-0.39, 0.29) is 6.04 Å². The molecule has 2 rings (SSSR count). The second kappa shape index (κ2) is 4.85. The zero-order chi connectivity index (χ0) is 11.5. The summed E-state index contributed by atoms with van der Waals surface area (Å²) in [6.45, 7) is 4.13. The summed E-state index contributed by atoms with van der Waals surface area (Å²) in [6.07, 6.45) is 1.82. The number of hydrogen-bond acceptors (Lipinski definition) is 3. The SMILES string of the molecule is Cc1ccc(Cl)c(NC(C)c2nccs2)c1. The molecule has 2 nitrogen and oxygen atoms in total. The lowest BCUT2D eigenvalue weighted by molar-refractivity contribution is 0.869. The zero-order valence-electron chi connectivity index (χ0n) is 9.20. The minimum atomic E-state index is 0.180. The second-order valence-corrected chi connectivity index (χ2v) is 5.05. The molecule has 0 amide bonds. The summed E-state index contributed by atoms with van der Waals surface area (Å²) in [5.41, 5.74) is 2.16. The first-order chi connectivity index (χ1) is 7.66. The largest absolute Gasteiger partial charge is 0.375 e. The van der Waals surface area contributed by atoms with Crippen molar-refractivity contribution in [3.8, 4) is 0 Å². The van der Waals surface area contributed by atoms with E-state index >= 15 is 0 Å². The molecule has 1 aromatic heterocycles. The van der Waals surface area contributed by atoms with Gasteiger partial charge in [0.15, 0.2) is 0 Å². The lowest BCUT2D eigenvalue weighted by Crippen LogP contribution is -2.06. The Morgan fingerprint density at radius 3 is 2.94 bits per heavy atom. The maximum absolute atomic E-state index is 6.12. The second-order valence-electron chi connectivity index (χ2n) is 3.72. The highest BCUT2D eigenvalue weighted by Gasteiger charge is 2.09. The molecule has 0 bridgehead atoms. The Hall–Kier alpha value is -1.06. The lowest BCUT2D eigenvalue weighted by atomic mass is 10.2. The van der Waals surface area contributed by atoms with Gasteiger partial charge in [-0.05, 0) is 31.5 Å². The molecule has 0 aliphatic carbocycles. The number of nitrogens with one attached hydrogen (secondary N) is 1. The Bertz CT molecular complexity index is 468. The first-order valence-electron chi connectivity index (χ1n) is 5.09. The zero-order valence-corrected chi connectivity index (χ0v) is 10.8. The minimum absolute atomic E-state index is 0.180. The van der Waals surface area contributed by atoms with E-state index in [0.29, 0.717) is 0 Å². The molecular formula is C12H13ClN2S. The molecule has 1 aromatic carbocycles. The Kier molecular flexibility index (Phi) is 3.46. The summed E-state index contributed by atoms with van der Waals surface area (Å²) in [7, 11) is 0. The van der Waals surface area contributed by atoms with Gasteiger partial charge in [-0.25, -0.2) is 4.98 Å². The van der Waals surface area contributed by atoms with E-state index in [2.05, 4.69) is 24.1 Å². The molecular weight excluding hydrogens is 240 g/mol. The van der Waals surface area contributed by atoms with Gasteiger partial charge in [0.25, 0.3) is 0 Å². The molecule has 0 saturated heterocycles. The van der Waals surface area contributed by atoms with E-state index in [4.69, 9.17) is 11.6 Å². The van der Waals surface area contributed by atoms with E-state index in [1.54, 1.807) is 11.3 Å². The van der Waals surface area contributed by atoms with Crippen LogP contribution in [0.1, 0.15) is 23.5 Å². The molecule has 1 unspecified atom stereocenters. The molecule has 0 saturated carbocycles. The highest BCUT2D eigenvalue weighted by molar-refractivity contribution is 7.09. The number of hydrogen-bond donors (Lipinski definition) is 1. The van der Waals surface area contributed by atoms with Crippen molar-refractivity contribution in [3.63, 3.8) is 0 Å². The third-order valence-corrected chi connectivity index (χ3v) is 3.60. The van der Waals surface area contributed by atoms with Gasteiger partial charge in [-0.3, -0.25) is 0 Å². The van der Waals surface area contributed by atoms with Crippen molar-refractivity contribution >= 4 is 28.6 Å². The van der Waals surface area contributed by atoms with Crippen LogP contribution in [0, 0.1) is 6.92 Å². The lowest BCUT2D eigenvalue weighted by Gasteiger charge is -2.14. The van der Waals surface area contributed by atoms with Crippen molar-refractivity contribution in [2.24, 2.45) is 0 Å². The van der Waals surface area contributed by atoms with Gasteiger partial charge < -0.3 is 5.32 Å². The highest BCUT2D eigenvalue weighted by atomic mass is 35.5. The van der Waals surface area contributed by atoms with Gasteiger partial charge in [0.1, 0.15) is 5.01 Å². The van der Waals surface area contributed by atoms with E-state index < -0.39 is 0 Å². The van der Waals surface area contributed by atoms with Crippen LogP contribution < -0.4 is 5.32 Å². The Balaban J connectivity index is 2.17. The highest BCUT2D eigenvalue weighted by Crippen LogP contribution is 2.27. The fraction of sp³-hybridized carbons (Fsp3) is 0.250. The van der Waals surface area contributed by atoms with Crippen LogP contribution in [-0.2, 0) is 0 Å². The van der Waals surface area contributed by atoms with Crippen molar-refractivity contribution in [3.05, 3.63) is 45.4 Å². The number of thiazole rings is 1. The van der Waals surface area contributed by atoms with Gasteiger partial charge in [-0.2, -0.15) is 0 Å². The molecule has 2 aromatic rings. The van der Waals surface area contributed by atoms with E-state index in [1.165, 1.54) is 5.56 Å². The number of benzene rings is 1. The topological polar surface area (TPSA) is 24.9 Å². The van der Waals surface area contributed by atoms with Crippen molar-refractivity contribution in [2.45, 2.75) is 19.9 Å². The van der Waals surface area contributed by atoms with Crippen LogP contribution in [0.15, 0.2) is 29.8 Å². The van der Waals surface area contributed by atoms with Crippen molar-refractivity contribution in [2.75, 3.05) is 5.32 Å². The van der Waals surface area contributed by atoms with Crippen LogP contribution >= 0.6 is 22.9 Å². The Morgan fingerprint density at radius 2 is 2.25 bits per heavy atom. The van der Waals surface area contributed by atoms with Crippen LogP contribution in [0.5, 0.6) is 0 Å². The third kappa shape index (κ3) is 2.54. The molecule has 0 fully saturated rings. The summed E-state index contributed by atoms with van der Waals surface area (Å²) in [5.74, 6) is 0. The van der Waals surface area contributed by atoms with Gasteiger partial charge in [-0.15, -0.1) is 11.3 Å². The average Bonchev–Trinajstić information content (AvgIpc) is 2.76. The summed E-state index contributed by atoms with van der Waals surface area (Å²) in [6, 6.07) is 6.14. The molecule has 1 atom stereocenters. The smallest absolute Gasteiger partial charge is 0.115 e. The van der Waals surface area contributed by atoms with E-state index in [9.17, 15) is 0 Å². The van der Waals surface area contributed by atoms with Crippen LogP contribution in [-0.4, -0.2) is 4.98 Å². The van der Waals surface area contributed by atoms with Crippen LogP contribution in [0.25, 0.3) is 0 Å². The molecule has 4 heteroatoms. The molecule has 1 heterocycles. The number of aromatic nitrogens is 1. The Morgan fingerprint density at radius 1 is 1.44 bits per heavy atom. The van der Waals surface area contributed by atoms with Crippen molar-refractivity contribution in [1.82, 2.24) is 4.98 Å². The molecule has 84 valence electrons. The van der Waals surface area contributed by atoms with Gasteiger partial charge in [0.05, 0.1) is 16.8 Å². The van der Waals surface area contributed by atoms with Crippen molar-refractivity contribution in [1.29, 1.82) is 0 Å². The molecule has 1 N–H and O–H groups in total. The standard InChI is InChI=1S/C12H13ClN2S/c1-8-3-4-10(13)11(7-8)15-9(2)12-14-5-6-16-12/h3-7,9,15H,1-2H3. The fourth-order valence-electron chi connectivity index (χ4n) is 1.49. The van der Waals surface area contributed by atoms with Gasteiger partial charge >= 0.3 is 0 Å². The summed E-state index contributed by atoms with van der Waals surface area (Å²) in [5, 5.41) is 7.16. The minimum Gasteiger partial charge on any atom is -0.375 e. The molecule has 0 spiro atoms. The average molecular weight is 253 g/mol. The first kappa shape index (κ1) is 11.4. The quantitative estimate of drug-likeness (QED) is 0.882. The number of halogens is 1. The maximum atomic E-state index is 6.12. The molecule has 0 aliphatic heterocycles.